The van der Waals surface area contributed by atoms with Gasteiger partial charge in [-0.1, -0.05) is 28.9 Å². The number of fused-ring (bicyclic) bond motifs is 1. The van der Waals surface area contributed by atoms with Crippen molar-refractivity contribution >= 4 is 38.6 Å². The highest BCUT2D eigenvalue weighted by molar-refractivity contribution is 9.10. The van der Waals surface area contributed by atoms with Crippen LogP contribution in [-0.2, 0) is 9.53 Å². The van der Waals surface area contributed by atoms with Crippen molar-refractivity contribution in [2.75, 3.05) is 7.11 Å². The number of Topliss-reactive ketones (excluding diaryl/α,β-unsaturated/α-hetero) is 1. The number of methoxy groups -OCH3 is 1. The van der Waals surface area contributed by atoms with Crippen LogP contribution >= 0.6 is 15.9 Å². The summed E-state index contributed by atoms with van der Waals surface area (Å²) in [5.74, 6) is -0.930. The van der Waals surface area contributed by atoms with E-state index in [1.54, 1.807) is 19.2 Å². The van der Waals surface area contributed by atoms with Crippen LogP contribution < -0.4 is 0 Å². The fourth-order valence-electron chi connectivity index (χ4n) is 2.03. The van der Waals surface area contributed by atoms with Crippen molar-refractivity contribution in [2.45, 2.75) is 13.3 Å². The third kappa shape index (κ3) is 2.88. The smallest absolute Gasteiger partial charge is 0.306 e. The van der Waals surface area contributed by atoms with Crippen molar-refractivity contribution in [3.05, 3.63) is 40.5 Å². The molecule has 0 saturated heterocycles. The maximum absolute atomic E-state index is 12.5. The molecule has 0 bridgehead atoms. The molecule has 1 heterocycles. The molecule has 0 aliphatic carbocycles. The zero-order valence-electron chi connectivity index (χ0n) is 11.2. The predicted octanol–water partition coefficient (Wildman–Crippen LogP) is 3.38. The molecule has 2 rings (SSSR count). The number of halogens is 1. The Kier molecular flexibility index (Phi) is 4.49. The average molecular weight is 336 g/mol. The van der Waals surface area contributed by atoms with Crippen LogP contribution in [0.15, 0.2) is 34.9 Å². The van der Waals surface area contributed by atoms with Crippen molar-refractivity contribution in [1.29, 1.82) is 0 Å². The molecule has 0 saturated carbocycles. The van der Waals surface area contributed by atoms with Gasteiger partial charge in [0.1, 0.15) is 0 Å². The number of rotatable bonds is 4. The van der Waals surface area contributed by atoms with Gasteiger partial charge in [-0.15, -0.1) is 0 Å². The van der Waals surface area contributed by atoms with E-state index < -0.39 is 5.92 Å². The number of hydrogen-bond acceptors (Lipinski definition) is 4. The van der Waals surface area contributed by atoms with Gasteiger partial charge in [0.25, 0.3) is 0 Å². The van der Waals surface area contributed by atoms with Gasteiger partial charge < -0.3 is 4.74 Å². The molecule has 1 atom stereocenters. The van der Waals surface area contributed by atoms with Gasteiger partial charge >= 0.3 is 5.97 Å². The van der Waals surface area contributed by atoms with E-state index in [4.69, 9.17) is 0 Å². The minimum absolute atomic E-state index is 0.0692. The summed E-state index contributed by atoms with van der Waals surface area (Å²) in [7, 11) is 1.32. The third-order valence-electron chi connectivity index (χ3n) is 3.13. The summed E-state index contributed by atoms with van der Waals surface area (Å²) in [6, 6.07) is 7.27. The molecule has 0 fully saturated rings. The lowest BCUT2D eigenvalue weighted by molar-refractivity contribution is -0.141. The standard InChI is InChI=1S/C15H14BrNO3/c1-9(8-13(18)20-2)15(19)11-5-6-12(16)10-4-3-7-17-14(10)11/h3-7,9H,8H2,1-2H3. The molecule has 1 aromatic carbocycles. The molecule has 4 nitrogen and oxygen atoms in total. The van der Waals surface area contributed by atoms with Crippen molar-refractivity contribution in [1.82, 2.24) is 4.98 Å². The van der Waals surface area contributed by atoms with Crippen LogP contribution in [0.2, 0.25) is 0 Å². The van der Waals surface area contributed by atoms with Gasteiger partial charge in [0.15, 0.2) is 5.78 Å². The molecule has 5 heteroatoms. The normalized spacial score (nSPS) is 12.2. The van der Waals surface area contributed by atoms with Crippen LogP contribution in [0.4, 0.5) is 0 Å². The number of benzene rings is 1. The van der Waals surface area contributed by atoms with Gasteiger partial charge in [0, 0.05) is 27.5 Å². The summed E-state index contributed by atoms with van der Waals surface area (Å²) < 4.78 is 5.49. The Morgan fingerprint density at radius 1 is 1.35 bits per heavy atom. The Labute approximate surface area is 125 Å². The first-order valence-corrected chi connectivity index (χ1v) is 6.98. The molecule has 0 radical (unpaired) electrons. The molecule has 0 aliphatic rings. The van der Waals surface area contributed by atoms with E-state index in [0.717, 1.165) is 9.86 Å². The van der Waals surface area contributed by atoms with Gasteiger partial charge in [-0.2, -0.15) is 0 Å². The Hall–Kier alpha value is -1.75. The summed E-state index contributed by atoms with van der Waals surface area (Å²) in [6.07, 6.45) is 1.72. The number of pyridine rings is 1. The summed E-state index contributed by atoms with van der Waals surface area (Å²) in [4.78, 5) is 28.0. The molecule has 1 unspecified atom stereocenters. The van der Waals surface area contributed by atoms with E-state index in [0.29, 0.717) is 11.1 Å². The fourth-order valence-corrected chi connectivity index (χ4v) is 2.48. The largest absolute Gasteiger partial charge is 0.469 e. The molecular weight excluding hydrogens is 322 g/mol. The molecule has 0 aliphatic heterocycles. The van der Waals surface area contributed by atoms with Gasteiger partial charge in [0.05, 0.1) is 19.0 Å². The van der Waals surface area contributed by atoms with E-state index in [9.17, 15) is 9.59 Å². The minimum Gasteiger partial charge on any atom is -0.469 e. The number of ketones is 1. The Morgan fingerprint density at radius 2 is 2.10 bits per heavy atom. The Balaban J connectivity index is 2.40. The number of carbonyl (C=O) groups excluding carboxylic acids is 2. The van der Waals surface area contributed by atoms with Crippen LogP contribution in [0.1, 0.15) is 23.7 Å². The molecule has 1 aromatic heterocycles. The maximum Gasteiger partial charge on any atom is 0.306 e. The third-order valence-corrected chi connectivity index (χ3v) is 3.82. The van der Waals surface area contributed by atoms with E-state index in [-0.39, 0.29) is 18.2 Å². The molecule has 0 spiro atoms. The maximum atomic E-state index is 12.5. The van der Waals surface area contributed by atoms with Crippen molar-refractivity contribution < 1.29 is 14.3 Å². The van der Waals surface area contributed by atoms with E-state index in [1.807, 2.05) is 18.2 Å². The SMILES string of the molecule is COC(=O)CC(C)C(=O)c1ccc(Br)c2cccnc12. The van der Waals surface area contributed by atoms with Gasteiger partial charge in [0.2, 0.25) is 0 Å². The van der Waals surface area contributed by atoms with Crippen molar-refractivity contribution in [3.63, 3.8) is 0 Å². The molecule has 20 heavy (non-hydrogen) atoms. The van der Waals surface area contributed by atoms with Gasteiger partial charge in [-0.25, -0.2) is 0 Å². The highest BCUT2D eigenvalue weighted by Gasteiger charge is 2.21. The molecule has 2 aromatic rings. The highest BCUT2D eigenvalue weighted by Crippen LogP contribution is 2.27. The van der Waals surface area contributed by atoms with Crippen molar-refractivity contribution in [2.24, 2.45) is 5.92 Å². The number of carbonyl (C=O) groups is 2. The lowest BCUT2D eigenvalue weighted by Gasteiger charge is -2.11. The summed E-state index contributed by atoms with van der Waals surface area (Å²) in [6.45, 7) is 1.72. The number of ether oxygens (including phenoxy) is 1. The first kappa shape index (κ1) is 14.7. The first-order valence-electron chi connectivity index (χ1n) is 6.19. The van der Waals surface area contributed by atoms with E-state index in [2.05, 4.69) is 25.7 Å². The van der Waals surface area contributed by atoms with E-state index >= 15 is 0 Å². The number of aromatic nitrogens is 1. The average Bonchev–Trinajstić information content (AvgIpc) is 2.47. The summed E-state index contributed by atoms with van der Waals surface area (Å²) in [5.41, 5.74) is 1.17. The van der Waals surface area contributed by atoms with Crippen LogP contribution in [-0.4, -0.2) is 23.8 Å². The lowest BCUT2D eigenvalue weighted by atomic mass is 9.94. The lowest BCUT2D eigenvalue weighted by Crippen LogP contribution is -2.17. The van der Waals surface area contributed by atoms with Gasteiger partial charge in [-0.3, -0.25) is 14.6 Å². The molecular formula is C15H14BrNO3. The molecule has 104 valence electrons. The van der Waals surface area contributed by atoms with Crippen LogP contribution in [0, 0.1) is 5.92 Å². The quantitative estimate of drug-likeness (QED) is 0.634. The highest BCUT2D eigenvalue weighted by atomic mass is 79.9. The van der Waals surface area contributed by atoms with Crippen LogP contribution in [0.3, 0.4) is 0 Å². The Bertz CT molecular complexity index is 669. The van der Waals surface area contributed by atoms with Crippen LogP contribution in [0.25, 0.3) is 10.9 Å². The number of nitrogens with zero attached hydrogens (tertiary/aromatic N) is 1. The van der Waals surface area contributed by atoms with Crippen LogP contribution in [0.5, 0.6) is 0 Å². The topological polar surface area (TPSA) is 56.3 Å². The monoisotopic (exact) mass is 335 g/mol. The summed E-state index contributed by atoms with van der Waals surface area (Å²) in [5, 5.41) is 0.878. The zero-order valence-corrected chi connectivity index (χ0v) is 12.8. The van der Waals surface area contributed by atoms with E-state index in [1.165, 1.54) is 7.11 Å². The number of esters is 1. The number of hydrogen-bond donors (Lipinski definition) is 0. The zero-order chi connectivity index (χ0) is 14.7. The minimum atomic E-state index is -0.436. The first-order chi connectivity index (χ1) is 9.54. The second-order valence-electron chi connectivity index (χ2n) is 4.54. The second kappa shape index (κ2) is 6.13. The fraction of sp³-hybridized carbons (Fsp3) is 0.267. The molecule has 0 amide bonds. The molecule has 0 N–H and O–H groups in total. The second-order valence-corrected chi connectivity index (χ2v) is 5.39. The predicted molar refractivity (Wildman–Crippen MR) is 79.6 cm³/mol. The van der Waals surface area contributed by atoms with Crippen molar-refractivity contribution in [3.8, 4) is 0 Å². The Morgan fingerprint density at radius 3 is 2.80 bits per heavy atom. The summed E-state index contributed by atoms with van der Waals surface area (Å²) >= 11 is 3.44. The van der Waals surface area contributed by atoms with Gasteiger partial charge in [-0.05, 0) is 18.2 Å².